The first-order valence-electron chi connectivity index (χ1n) is 8.01. The smallest absolute Gasteiger partial charge is 0.358 e. The molecule has 1 aliphatic rings. The number of hydrogen-bond acceptors (Lipinski definition) is 6. The molecule has 6 heteroatoms. The number of ketones is 1. The molecule has 0 aromatic rings. The van der Waals surface area contributed by atoms with E-state index in [4.69, 9.17) is 14.2 Å². The summed E-state index contributed by atoms with van der Waals surface area (Å²) in [6, 6.07) is 0. The molecular formula is C17H26O6. The summed E-state index contributed by atoms with van der Waals surface area (Å²) in [5.74, 6) is -1.98. The maximum Gasteiger partial charge on any atom is 0.358 e. The van der Waals surface area contributed by atoms with Crippen LogP contribution in [0.4, 0.5) is 0 Å². The lowest BCUT2D eigenvalue weighted by molar-refractivity contribution is -0.172. The van der Waals surface area contributed by atoms with Crippen molar-refractivity contribution in [3.63, 3.8) is 0 Å². The average Bonchev–Trinajstić information content (AvgIpc) is 2.89. The van der Waals surface area contributed by atoms with Crippen LogP contribution in [-0.2, 0) is 28.6 Å². The predicted molar refractivity (Wildman–Crippen MR) is 83.4 cm³/mol. The van der Waals surface area contributed by atoms with Crippen molar-refractivity contribution in [3.8, 4) is 0 Å². The van der Waals surface area contributed by atoms with Gasteiger partial charge in [0.1, 0.15) is 5.76 Å². The van der Waals surface area contributed by atoms with Crippen LogP contribution in [0.15, 0.2) is 11.3 Å². The summed E-state index contributed by atoms with van der Waals surface area (Å²) in [5.41, 5.74) is -1.55. The van der Waals surface area contributed by atoms with Gasteiger partial charge in [-0.25, -0.2) is 9.59 Å². The fourth-order valence-corrected chi connectivity index (χ4v) is 2.54. The van der Waals surface area contributed by atoms with Crippen molar-refractivity contribution in [2.24, 2.45) is 11.8 Å². The van der Waals surface area contributed by atoms with E-state index in [9.17, 15) is 14.4 Å². The van der Waals surface area contributed by atoms with Gasteiger partial charge < -0.3 is 14.2 Å². The van der Waals surface area contributed by atoms with Crippen LogP contribution in [-0.4, -0.2) is 36.5 Å². The molecule has 0 amide bonds. The molecule has 1 aliphatic heterocycles. The summed E-state index contributed by atoms with van der Waals surface area (Å²) >= 11 is 0. The van der Waals surface area contributed by atoms with Crippen LogP contribution < -0.4 is 0 Å². The molecule has 0 aromatic carbocycles. The third-order valence-corrected chi connectivity index (χ3v) is 3.58. The minimum absolute atomic E-state index is 0.126. The Kier molecular flexibility index (Phi) is 6.36. The van der Waals surface area contributed by atoms with Gasteiger partial charge in [-0.05, 0) is 13.8 Å². The second kappa shape index (κ2) is 7.62. The number of Topliss-reactive ketones (excluding diaryl/α,β-unsaturated/α-hetero) is 1. The minimum atomic E-state index is -1.79. The first-order chi connectivity index (χ1) is 10.7. The molecule has 0 spiro atoms. The topological polar surface area (TPSA) is 78.9 Å². The molecule has 0 N–H and O–H groups in total. The number of hydrogen-bond donors (Lipinski definition) is 0. The fraction of sp³-hybridized carbons (Fsp3) is 0.706. The van der Waals surface area contributed by atoms with Crippen LogP contribution in [0, 0.1) is 11.8 Å². The van der Waals surface area contributed by atoms with Gasteiger partial charge in [0, 0.05) is 18.3 Å². The van der Waals surface area contributed by atoms with Crippen LogP contribution in [0.5, 0.6) is 0 Å². The number of carbonyl (C=O) groups excluding carboxylic acids is 3. The first kappa shape index (κ1) is 19.2. The van der Waals surface area contributed by atoms with Gasteiger partial charge >= 0.3 is 11.9 Å². The van der Waals surface area contributed by atoms with E-state index in [-0.39, 0.29) is 31.1 Å². The summed E-state index contributed by atoms with van der Waals surface area (Å²) in [5, 5.41) is 0. The Morgan fingerprint density at radius 2 is 1.65 bits per heavy atom. The largest absolute Gasteiger partial charge is 0.471 e. The maximum absolute atomic E-state index is 12.7. The summed E-state index contributed by atoms with van der Waals surface area (Å²) in [7, 11) is 0. The first-order valence-corrected chi connectivity index (χ1v) is 8.01. The molecule has 1 rings (SSSR count). The van der Waals surface area contributed by atoms with Crippen molar-refractivity contribution in [2.75, 3.05) is 13.2 Å². The number of ether oxygens (including phenoxy) is 3. The number of carbonyl (C=O) groups is 3. The standard InChI is InChI=1S/C17H26O6/c1-7-21-15(19)12-9-17(14(18)11(5)6,16(20)22-8-2)23-13(12)10(3)4/h10-11H,7-9H2,1-6H3. The van der Waals surface area contributed by atoms with Crippen molar-refractivity contribution >= 4 is 17.7 Å². The molecule has 1 unspecified atom stereocenters. The number of rotatable bonds is 7. The van der Waals surface area contributed by atoms with E-state index < -0.39 is 29.2 Å². The van der Waals surface area contributed by atoms with Crippen molar-refractivity contribution < 1.29 is 28.6 Å². The summed E-state index contributed by atoms with van der Waals surface area (Å²) in [6.07, 6.45) is -0.144. The van der Waals surface area contributed by atoms with E-state index in [1.54, 1.807) is 27.7 Å². The van der Waals surface area contributed by atoms with Gasteiger partial charge in [-0.2, -0.15) is 0 Å². The zero-order chi connectivity index (χ0) is 17.8. The lowest BCUT2D eigenvalue weighted by Gasteiger charge is -2.28. The highest BCUT2D eigenvalue weighted by Gasteiger charge is 2.57. The molecule has 0 saturated heterocycles. The van der Waals surface area contributed by atoms with Crippen LogP contribution in [0.25, 0.3) is 0 Å². The van der Waals surface area contributed by atoms with Gasteiger partial charge in [-0.1, -0.05) is 27.7 Å². The van der Waals surface area contributed by atoms with Crippen molar-refractivity contribution in [1.82, 2.24) is 0 Å². The van der Waals surface area contributed by atoms with Gasteiger partial charge in [0.2, 0.25) is 0 Å². The molecule has 130 valence electrons. The zero-order valence-electron chi connectivity index (χ0n) is 14.7. The molecule has 0 saturated carbocycles. The predicted octanol–water partition coefficient (Wildman–Crippen LogP) is 2.41. The van der Waals surface area contributed by atoms with Crippen LogP contribution in [0.2, 0.25) is 0 Å². The van der Waals surface area contributed by atoms with E-state index in [1.165, 1.54) is 0 Å². The monoisotopic (exact) mass is 326 g/mol. The Labute approximate surface area is 137 Å². The Hall–Kier alpha value is -1.85. The lowest BCUT2D eigenvalue weighted by Crippen LogP contribution is -2.50. The van der Waals surface area contributed by atoms with Crippen molar-refractivity contribution in [2.45, 2.75) is 53.6 Å². The summed E-state index contributed by atoms with van der Waals surface area (Å²) < 4.78 is 15.9. The van der Waals surface area contributed by atoms with E-state index in [0.29, 0.717) is 5.76 Å². The second-order valence-electron chi connectivity index (χ2n) is 6.06. The van der Waals surface area contributed by atoms with Gasteiger partial charge in [-0.3, -0.25) is 4.79 Å². The maximum atomic E-state index is 12.7. The molecule has 1 heterocycles. The molecule has 0 aromatic heterocycles. The van der Waals surface area contributed by atoms with Gasteiger partial charge in [0.25, 0.3) is 5.60 Å². The van der Waals surface area contributed by atoms with E-state index in [1.807, 2.05) is 13.8 Å². The highest BCUT2D eigenvalue weighted by Crippen LogP contribution is 2.41. The molecular weight excluding hydrogens is 300 g/mol. The SMILES string of the molecule is CCOC(=O)C1=C(C(C)C)OC(C(=O)OCC)(C(=O)C(C)C)C1. The van der Waals surface area contributed by atoms with E-state index in [2.05, 4.69) is 0 Å². The molecule has 0 fully saturated rings. The Morgan fingerprint density at radius 1 is 1.09 bits per heavy atom. The molecule has 0 aliphatic carbocycles. The third-order valence-electron chi connectivity index (χ3n) is 3.58. The number of allylic oxidation sites excluding steroid dienone is 1. The average molecular weight is 326 g/mol. The summed E-state index contributed by atoms with van der Waals surface area (Å²) in [4.78, 5) is 37.3. The van der Waals surface area contributed by atoms with Crippen molar-refractivity contribution in [3.05, 3.63) is 11.3 Å². The molecule has 0 bridgehead atoms. The molecule has 0 radical (unpaired) electrons. The molecule has 23 heavy (non-hydrogen) atoms. The zero-order valence-corrected chi connectivity index (χ0v) is 14.7. The highest BCUT2D eigenvalue weighted by molar-refractivity contribution is 6.10. The lowest BCUT2D eigenvalue weighted by atomic mass is 9.86. The Bertz CT molecular complexity index is 517. The van der Waals surface area contributed by atoms with Crippen LogP contribution in [0.1, 0.15) is 48.0 Å². The van der Waals surface area contributed by atoms with Gasteiger partial charge in [-0.15, -0.1) is 0 Å². The van der Waals surface area contributed by atoms with Crippen LogP contribution >= 0.6 is 0 Å². The van der Waals surface area contributed by atoms with Gasteiger partial charge in [0.15, 0.2) is 5.78 Å². The normalized spacial score (nSPS) is 20.7. The Morgan fingerprint density at radius 3 is 2.09 bits per heavy atom. The quantitative estimate of drug-likeness (QED) is 0.528. The Balaban J connectivity index is 3.30. The van der Waals surface area contributed by atoms with Gasteiger partial charge in [0.05, 0.1) is 18.8 Å². The summed E-state index contributed by atoms with van der Waals surface area (Å²) in [6.45, 7) is 10.7. The highest BCUT2D eigenvalue weighted by atomic mass is 16.6. The van der Waals surface area contributed by atoms with Crippen molar-refractivity contribution in [1.29, 1.82) is 0 Å². The fourth-order valence-electron chi connectivity index (χ4n) is 2.54. The number of esters is 2. The molecule has 1 atom stereocenters. The van der Waals surface area contributed by atoms with Crippen LogP contribution in [0.3, 0.4) is 0 Å². The third kappa shape index (κ3) is 3.74. The second-order valence-corrected chi connectivity index (χ2v) is 6.06. The minimum Gasteiger partial charge on any atom is -0.471 e. The molecule has 6 nitrogen and oxygen atoms in total. The van der Waals surface area contributed by atoms with E-state index >= 15 is 0 Å². The van der Waals surface area contributed by atoms with E-state index in [0.717, 1.165) is 0 Å².